The Labute approximate surface area is 142 Å². The summed E-state index contributed by atoms with van der Waals surface area (Å²) in [4.78, 5) is 18.8. The molecule has 2 N–H and O–H groups in total. The van der Waals surface area contributed by atoms with Gasteiger partial charge in [0.1, 0.15) is 0 Å². The van der Waals surface area contributed by atoms with Gasteiger partial charge in [0.25, 0.3) is 0 Å². The molecule has 6 nitrogen and oxygen atoms in total. The third-order valence-electron chi connectivity index (χ3n) is 3.90. The van der Waals surface area contributed by atoms with Crippen molar-refractivity contribution in [1.82, 2.24) is 20.5 Å². The zero-order valence-corrected chi connectivity index (χ0v) is 15.1. The van der Waals surface area contributed by atoms with Crippen LogP contribution in [0.3, 0.4) is 0 Å². The first kappa shape index (κ1) is 18.2. The molecule has 1 aromatic rings. The number of thiazole rings is 1. The summed E-state index contributed by atoms with van der Waals surface area (Å²) in [6.45, 7) is 11.0. The van der Waals surface area contributed by atoms with Gasteiger partial charge >= 0.3 is 6.03 Å². The molecule has 1 unspecified atom stereocenters. The molecule has 130 valence electrons. The van der Waals surface area contributed by atoms with E-state index in [2.05, 4.69) is 34.4 Å². The quantitative estimate of drug-likeness (QED) is 0.797. The summed E-state index contributed by atoms with van der Waals surface area (Å²) in [5.41, 5.74) is 0.912. The van der Waals surface area contributed by atoms with E-state index in [1.165, 1.54) is 0 Å². The minimum absolute atomic E-state index is 0.127. The third-order valence-corrected chi connectivity index (χ3v) is 4.72. The molecule has 2 amide bonds. The van der Waals surface area contributed by atoms with E-state index < -0.39 is 0 Å². The van der Waals surface area contributed by atoms with E-state index in [0.717, 1.165) is 43.4 Å². The van der Waals surface area contributed by atoms with Crippen molar-refractivity contribution in [1.29, 1.82) is 0 Å². The number of rotatable bonds is 7. The Morgan fingerprint density at radius 3 is 2.74 bits per heavy atom. The minimum Gasteiger partial charge on any atom is -0.379 e. The average Bonchev–Trinajstić information content (AvgIpc) is 2.95. The van der Waals surface area contributed by atoms with Crippen molar-refractivity contribution in [2.45, 2.75) is 39.8 Å². The fourth-order valence-electron chi connectivity index (χ4n) is 2.78. The second-order valence-corrected chi connectivity index (χ2v) is 7.42. The molecule has 1 aliphatic rings. The molecule has 1 aliphatic heterocycles. The largest absolute Gasteiger partial charge is 0.379 e. The number of amides is 2. The molecular weight excluding hydrogens is 312 g/mol. The Bertz CT molecular complexity index is 486. The third kappa shape index (κ3) is 6.45. The highest BCUT2D eigenvalue weighted by atomic mass is 32.1. The molecule has 0 radical (unpaired) electrons. The van der Waals surface area contributed by atoms with E-state index in [9.17, 15) is 4.79 Å². The van der Waals surface area contributed by atoms with E-state index in [0.29, 0.717) is 25.0 Å². The van der Waals surface area contributed by atoms with Crippen LogP contribution in [0.1, 0.15) is 31.0 Å². The molecule has 0 spiro atoms. The summed E-state index contributed by atoms with van der Waals surface area (Å²) in [5, 5.41) is 8.88. The maximum absolute atomic E-state index is 12.0. The van der Waals surface area contributed by atoms with Gasteiger partial charge < -0.3 is 15.4 Å². The van der Waals surface area contributed by atoms with Crippen LogP contribution in [0.2, 0.25) is 0 Å². The zero-order chi connectivity index (χ0) is 16.7. The van der Waals surface area contributed by atoms with Gasteiger partial charge in [-0.2, -0.15) is 0 Å². The summed E-state index contributed by atoms with van der Waals surface area (Å²) >= 11 is 1.60. The first-order chi connectivity index (χ1) is 11.0. The molecule has 1 aromatic heterocycles. The number of morpholine rings is 1. The van der Waals surface area contributed by atoms with Crippen molar-refractivity contribution in [2.24, 2.45) is 5.92 Å². The number of carbonyl (C=O) groups excluding carboxylic acids is 1. The smallest absolute Gasteiger partial charge is 0.315 e. The van der Waals surface area contributed by atoms with Crippen molar-refractivity contribution >= 4 is 17.4 Å². The normalized spacial score (nSPS) is 17.2. The number of nitrogens with zero attached hydrogens (tertiary/aromatic N) is 2. The summed E-state index contributed by atoms with van der Waals surface area (Å²) in [5.74, 6) is 0.602. The zero-order valence-electron chi connectivity index (χ0n) is 14.3. The Hall–Kier alpha value is -1.18. The lowest BCUT2D eigenvalue weighted by atomic mass is 10.0. The molecule has 2 heterocycles. The van der Waals surface area contributed by atoms with E-state index in [1.807, 2.05) is 12.3 Å². The molecule has 2 rings (SSSR count). The molecule has 0 aliphatic carbocycles. The van der Waals surface area contributed by atoms with Crippen LogP contribution in [0.15, 0.2) is 5.38 Å². The summed E-state index contributed by atoms with van der Waals surface area (Å²) in [6.07, 6.45) is 1.07. The van der Waals surface area contributed by atoms with Crippen LogP contribution in [0.4, 0.5) is 4.79 Å². The van der Waals surface area contributed by atoms with Gasteiger partial charge in [-0.05, 0) is 19.3 Å². The molecule has 1 atom stereocenters. The van der Waals surface area contributed by atoms with Crippen LogP contribution in [-0.2, 0) is 11.3 Å². The van der Waals surface area contributed by atoms with Gasteiger partial charge in [-0.15, -0.1) is 11.3 Å². The summed E-state index contributed by atoms with van der Waals surface area (Å²) < 4.78 is 5.42. The predicted molar refractivity (Wildman–Crippen MR) is 92.7 cm³/mol. The van der Waals surface area contributed by atoms with Crippen molar-refractivity contribution in [2.75, 3.05) is 32.8 Å². The second-order valence-electron chi connectivity index (χ2n) is 6.35. The Kier molecular flexibility index (Phi) is 7.26. The number of ether oxygens (including phenoxy) is 1. The van der Waals surface area contributed by atoms with E-state index in [4.69, 9.17) is 4.74 Å². The topological polar surface area (TPSA) is 66.5 Å². The number of hydrogen-bond donors (Lipinski definition) is 2. The van der Waals surface area contributed by atoms with Crippen LogP contribution in [-0.4, -0.2) is 54.8 Å². The van der Waals surface area contributed by atoms with Crippen LogP contribution < -0.4 is 10.6 Å². The maximum Gasteiger partial charge on any atom is 0.315 e. The highest BCUT2D eigenvalue weighted by molar-refractivity contribution is 7.09. The highest BCUT2D eigenvalue weighted by Gasteiger charge is 2.22. The molecule has 0 aromatic carbocycles. The number of urea groups is 1. The molecule has 1 saturated heterocycles. The monoisotopic (exact) mass is 340 g/mol. The lowest BCUT2D eigenvalue weighted by Crippen LogP contribution is -2.50. The van der Waals surface area contributed by atoms with Crippen LogP contribution in [0.25, 0.3) is 0 Å². The van der Waals surface area contributed by atoms with E-state index in [-0.39, 0.29) is 6.03 Å². The number of hydrogen-bond acceptors (Lipinski definition) is 5. The van der Waals surface area contributed by atoms with Crippen LogP contribution >= 0.6 is 11.3 Å². The first-order valence-electron chi connectivity index (χ1n) is 8.29. The van der Waals surface area contributed by atoms with Crippen molar-refractivity contribution in [3.05, 3.63) is 16.1 Å². The SMILES string of the molecule is Cc1nc(CNC(=O)NCC(CC(C)C)N2CCOCC2)cs1. The molecule has 7 heteroatoms. The van der Waals surface area contributed by atoms with Crippen molar-refractivity contribution in [3.8, 4) is 0 Å². The number of nitrogens with one attached hydrogen (secondary N) is 2. The van der Waals surface area contributed by atoms with Crippen molar-refractivity contribution < 1.29 is 9.53 Å². The van der Waals surface area contributed by atoms with Gasteiger partial charge in [-0.25, -0.2) is 9.78 Å². The Morgan fingerprint density at radius 1 is 1.39 bits per heavy atom. The lowest BCUT2D eigenvalue weighted by Gasteiger charge is -2.35. The first-order valence-corrected chi connectivity index (χ1v) is 9.17. The fraction of sp³-hybridized carbons (Fsp3) is 0.750. The summed E-state index contributed by atoms with van der Waals surface area (Å²) in [6, 6.07) is 0.240. The Morgan fingerprint density at radius 2 is 2.13 bits per heavy atom. The van der Waals surface area contributed by atoms with E-state index in [1.54, 1.807) is 11.3 Å². The minimum atomic E-state index is -0.127. The van der Waals surface area contributed by atoms with Crippen LogP contribution in [0.5, 0.6) is 0 Å². The van der Waals surface area contributed by atoms with Crippen LogP contribution in [0, 0.1) is 12.8 Å². The molecule has 23 heavy (non-hydrogen) atoms. The van der Waals surface area contributed by atoms with E-state index >= 15 is 0 Å². The molecule has 0 saturated carbocycles. The number of aromatic nitrogens is 1. The van der Waals surface area contributed by atoms with Gasteiger partial charge in [0.2, 0.25) is 0 Å². The van der Waals surface area contributed by atoms with Gasteiger partial charge in [0, 0.05) is 31.1 Å². The highest BCUT2D eigenvalue weighted by Crippen LogP contribution is 2.13. The predicted octanol–water partition coefficient (Wildman–Crippen LogP) is 2.00. The number of aryl methyl sites for hydroxylation is 1. The molecular formula is C16H28N4O2S. The number of carbonyl (C=O) groups is 1. The summed E-state index contributed by atoms with van der Waals surface area (Å²) in [7, 11) is 0. The molecule has 1 fully saturated rings. The van der Waals surface area contributed by atoms with Crippen molar-refractivity contribution in [3.63, 3.8) is 0 Å². The molecule has 0 bridgehead atoms. The second kappa shape index (κ2) is 9.20. The van der Waals surface area contributed by atoms with Gasteiger partial charge in [-0.1, -0.05) is 13.8 Å². The Balaban J connectivity index is 1.76. The maximum atomic E-state index is 12.0. The fourth-order valence-corrected chi connectivity index (χ4v) is 3.39. The average molecular weight is 340 g/mol. The lowest BCUT2D eigenvalue weighted by molar-refractivity contribution is 0.0129. The standard InChI is InChI=1S/C16H28N4O2S/c1-12(2)8-15(20-4-6-22-7-5-20)10-18-16(21)17-9-14-11-23-13(3)19-14/h11-12,15H,4-10H2,1-3H3,(H2,17,18,21). The van der Waals surface area contributed by atoms with Gasteiger partial charge in [-0.3, -0.25) is 4.90 Å². The van der Waals surface area contributed by atoms with Gasteiger partial charge in [0.15, 0.2) is 0 Å². The van der Waals surface area contributed by atoms with Gasteiger partial charge in [0.05, 0.1) is 30.5 Å².